The number of hydrogen-bond donors (Lipinski definition) is 2. The van der Waals surface area contributed by atoms with Crippen LogP contribution in [0, 0.1) is 0 Å². The van der Waals surface area contributed by atoms with Crippen LogP contribution >= 0.6 is 23.8 Å². The van der Waals surface area contributed by atoms with Crippen molar-refractivity contribution in [1.29, 1.82) is 0 Å². The Morgan fingerprint density at radius 3 is 2.75 bits per heavy atom. The van der Waals surface area contributed by atoms with Crippen molar-refractivity contribution < 1.29 is 0 Å². The van der Waals surface area contributed by atoms with Gasteiger partial charge in [0.25, 0.3) is 0 Å². The zero-order valence-electron chi connectivity index (χ0n) is 10.8. The van der Waals surface area contributed by atoms with Gasteiger partial charge in [-0.25, -0.2) is 0 Å². The van der Waals surface area contributed by atoms with E-state index in [4.69, 9.17) is 23.8 Å². The molecule has 4 nitrogen and oxygen atoms in total. The second-order valence-corrected chi connectivity index (χ2v) is 5.74. The van der Waals surface area contributed by atoms with Gasteiger partial charge in [0.1, 0.15) is 0 Å². The van der Waals surface area contributed by atoms with E-state index in [0.717, 1.165) is 16.4 Å². The molecule has 0 radical (unpaired) electrons. The molecule has 1 fully saturated rings. The third kappa shape index (κ3) is 3.71. The van der Waals surface area contributed by atoms with E-state index in [0.29, 0.717) is 17.7 Å². The summed E-state index contributed by atoms with van der Waals surface area (Å²) in [6.45, 7) is 0.710. The molecule has 2 aromatic rings. The van der Waals surface area contributed by atoms with Crippen molar-refractivity contribution >= 4 is 34.7 Å². The standard InChI is InChI=1S/C14H15ClN4S/c15-11-3-1-10(2-4-11)9-19-8-7-13(18-19)17-14(20)16-12-5-6-12/h1-4,7-8,12H,5-6,9H2,(H2,16,17,18,20). The Morgan fingerprint density at radius 1 is 1.30 bits per heavy atom. The Morgan fingerprint density at radius 2 is 2.05 bits per heavy atom. The molecule has 0 aliphatic heterocycles. The number of aromatic nitrogens is 2. The highest BCUT2D eigenvalue weighted by Crippen LogP contribution is 2.18. The van der Waals surface area contributed by atoms with Crippen molar-refractivity contribution in [2.45, 2.75) is 25.4 Å². The largest absolute Gasteiger partial charge is 0.360 e. The Hall–Kier alpha value is -1.59. The first-order valence-corrected chi connectivity index (χ1v) is 7.33. The molecule has 1 aromatic carbocycles. The minimum absolute atomic E-state index is 0.547. The van der Waals surface area contributed by atoms with Gasteiger partial charge in [-0.2, -0.15) is 5.10 Å². The predicted octanol–water partition coefficient (Wildman–Crippen LogP) is 3.03. The van der Waals surface area contributed by atoms with Gasteiger partial charge in [-0.3, -0.25) is 4.68 Å². The van der Waals surface area contributed by atoms with Crippen LogP contribution in [0.5, 0.6) is 0 Å². The zero-order chi connectivity index (χ0) is 13.9. The lowest BCUT2D eigenvalue weighted by Gasteiger charge is -2.06. The van der Waals surface area contributed by atoms with E-state index in [9.17, 15) is 0 Å². The molecule has 1 saturated carbocycles. The molecule has 1 aliphatic carbocycles. The van der Waals surface area contributed by atoms with Gasteiger partial charge in [0.05, 0.1) is 6.54 Å². The molecule has 1 heterocycles. The van der Waals surface area contributed by atoms with Crippen molar-refractivity contribution in [3.05, 3.63) is 47.1 Å². The second-order valence-electron chi connectivity index (χ2n) is 4.90. The molecule has 0 saturated heterocycles. The van der Waals surface area contributed by atoms with Gasteiger partial charge in [0.2, 0.25) is 0 Å². The monoisotopic (exact) mass is 306 g/mol. The molecule has 3 rings (SSSR count). The predicted molar refractivity (Wildman–Crippen MR) is 85.2 cm³/mol. The van der Waals surface area contributed by atoms with E-state index in [1.54, 1.807) is 0 Å². The number of hydrogen-bond acceptors (Lipinski definition) is 2. The van der Waals surface area contributed by atoms with Gasteiger partial charge in [-0.05, 0) is 42.8 Å². The molecule has 2 N–H and O–H groups in total. The van der Waals surface area contributed by atoms with Crippen molar-refractivity contribution in [3.8, 4) is 0 Å². The van der Waals surface area contributed by atoms with Crippen molar-refractivity contribution in [2.24, 2.45) is 0 Å². The molecule has 0 spiro atoms. The van der Waals surface area contributed by atoms with E-state index >= 15 is 0 Å². The number of nitrogens with one attached hydrogen (secondary N) is 2. The van der Waals surface area contributed by atoms with E-state index < -0.39 is 0 Å². The van der Waals surface area contributed by atoms with Gasteiger partial charge in [0.15, 0.2) is 10.9 Å². The van der Waals surface area contributed by atoms with Crippen LogP contribution in [0.25, 0.3) is 0 Å². The lowest BCUT2D eigenvalue weighted by atomic mass is 10.2. The fraction of sp³-hybridized carbons (Fsp3) is 0.286. The number of thiocarbonyl (C=S) groups is 1. The number of halogens is 1. The highest BCUT2D eigenvalue weighted by molar-refractivity contribution is 7.80. The van der Waals surface area contributed by atoms with E-state index in [1.807, 2.05) is 41.2 Å². The lowest BCUT2D eigenvalue weighted by molar-refractivity contribution is 0.690. The Bertz CT molecular complexity index is 604. The SMILES string of the molecule is S=C(Nc1ccn(Cc2ccc(Cl)cc2)n1)NC1CC1. The zero-order valence-corrected chi connectivity index (χ0v) is 12.4. The maximum absolute atomic E-state index is 5.87. The summed E-state index contributed by atoms with van der Waals surface area (Å²) in [5.74, 6) is 0.761. The summed E-state index contributed by atoms with van der Waals surface area (Å²) in [7, 11) is 0. The third-order valence-corrected chi connectivity index (χ3v) is 3.52. The number of benzene rings is 1. The minimum Gasteiger partial charge on any atom is -0.360 e. The molecule has 0 unspecified atom stereocenters. The quantitative estimate of drug-likeness (QED) is 0.852. The van der Waals surface area contributed by atoms with E-state index in [1.165, 1.54) is 12.8 Å². The smallest absolute Gasteiger partial charge is 0.172 e. The van der Waals surface area contributed by atoms with Crippen LogP contribution in [-0.4, -0.2) is 20.9 Å². The van der Waals surface area contributed by atoms with Gasteiger partial charge in [-0.1, -0.05) is 23.7 Å². The fourth-order valence-electron chi connectivity index (χ4n) is 1.86. The molecule has 1 aromatic heterocycles. The first-order valence-electron chi connectivity index (χ1n) is 6.54. The van der Waals surface area contributed by atoms with Crippen LogP contribution in [0.15, 0.2) is 36.5 Å². The maximum atomic E-state index is 5.87. The number of nitrogens with zero attached hydrogens (tertiary/aromatic N) is 2. The summed E-state index contributed by atoms with van der Waals surface area (Å²) in [4.78, 5) is 0. The van der Waals surface area contributed by atoms with Crippen molar-refractivity contribution in [2.75, 3.05) is 5.32 Å². The maximum Gasteiger partial charge on any atom is 0.172 e. The fourth-order valence-corrected chi connectivity index (χ4v) is 2.26. The number of anilines is 1. The van der Waals surface area contributed by atoms with Crippen molar-refractivity contribution in [1.82, 2.24) is 15.1 Å². The molecule has 20 heavy (non-hydrogen) atoms. The highest BCUT2D eigenvalue weighted by Gasteiger charge is 2.21. The molecule has 0 atom stereocenters. The first-order chi connectivity index (χ1) is 9.69. The van der Waals surface area contributed by atoms with Crippen LogP contribution < -0.4 is 10.6 Å². The van der Waals surface area contributed by atoms with Gasteiger partial charge < -0.3 is 10.6 Å². The molecule has 6 heteroatoms. The summed E-state index contributed by atoms with van der Waals surface area (Å²) in [6.07, 6.45) is 4.33. The number of rotatable bonds is 4. The van der Waals surface area contributed by atoms with Gasteiger partial charge in [-0.15, -0.1) is 0 Å². The highest BCUT2D eigenvalue weighted by atomic mass is 35.5. The Labute approximate surface area is 128 Å². The Kier molecular flexibility index (Phi) is 3.89. The summed E-state index contributed by atoms with van der Waals surface area (Å²) >= 11 is 11.1. The molecule has 0 amide bonds. The molecular weight excluding hydrogens is 292 g/mol. The normalized spacial score (nSPS) is 14.1. The summed E-state index contributed by atoms with van der Waals surface area (Å²) in [5, 5.41) is 12.1. The lowest BCUT2D eigenvalue weighted by Crippen LogP contribution is -2.30. The summed E-state index contributed by atoms with van der Waals surface area (Å²) < 4.78 is 1.87. The van der Waals surface area contributed by atoms with Gasteiger partial charge in [0, 0.05) is 23.3 Å². The topological polar surface area (TPSA) is 41.9 Å². The minimum atomic E-state index is 0.547. The van der Waals surface area contributed by atoms with Crippen LogP contribution in [0.2, 0.25) is 5.02 Å². The summed E-state index contributed by atoms with van der Waals surface area (Å²) in [5.41, 5.74) is 1.16. The van der Waals surface area contributed by atoms with Crippen LogP contribution in [0.3, 0.4) is 0 Å². The van der Waals surface area contributed by atoms with E-state index in [2.05, 4.69) is 15.7 Å². The molecular formula is C14H15ClN4S. The Balaban J connectivity index is 1.58. The second kappa shape index (κ2) is 5.81. The van der Waals surface area contributed by atoms with Crippen LogP contribution in [-0.2, 0) is 6.54 Å². The van der Waals surface area contributed by atoms with E-state index in [-0.39, 0.29) is 0 Å². The summed E-state index contributed by atoms with van der Waals surface area (Å²) in [6, 6.07) is 10.2. The third-order valence-electron chi connectivity index (χ3n) is 3.05. The molecule has 1 aliphatic rings. The van der Waals surface area contributed by atoms with Gasteiger partial charge >= 0.3 is 0 Å². The van der Waals surface area contributed by atoms with Crippen LogP contribution in [0.1, 0.15) is 18.4 Å². The van der Waals surface area contributed by atoms with Crippen molar-refractivity contribution in [3.63, 3.8) is 0 Å². The molecule has 104 valence electrons. The first kappa shape index (κ1) is 13.4. The molecule has 0 bridgehead atoms. The van der Waals surface area contributed by atoms with Crippen LogP contribution in [0.4, 0.5) is 5.82 Å². The average molecular weight is 307 g/mol. The average Bonchev–Trinajstić information content (AvgIpc) is 3.12.